The van der Waals surface area contributed by atoms with Crippen LogP contribution < -0.4 is 4.74 Å². The number of aromatic nitrogens is 1. The number of amides is 2. The third kappa shape index (κ3) is 6.64. The molecule has 0 radical (unpaired) electrons. The number of carbonyl (C=O) groups is 2. The third-order valence-electron chi connectivity index (χ3n) is 7.16. The lowest BCUT2D eigenvalue weighted by Gasteiger charge is -2.40. The first-order valence-electron chi connectivity index (χ1n) is 12.4. The highest BCUT2D eigenvalue weighted by molar-refractivity contribution is 9.10. The van der Waals surface area contributed by atoms with Crippen molar-refractivity contribution in [1.82, 2.24) is 19.9 Å². The van der Waals surface area contributed by atoms with Gasteiger partial charge in [0.15, 0.2) is 0 Å². The summed E-state index contributed by atoms with van der Waals surface area (Å²) in [6.07, 6.45) is 1.98. The number of nitrogens with zero attached hydrogens (tertiary/aromatic N) is 4. The van der Waals surface area contributed by atoms with E-state index >= 15 is 0 Å². The van der Waals surface area contributed by atoms with E-state index in [1.165, 1.54) is 0 Å². The van der Waals surface area contributed by atoms with Crippen LogP contribution in [0.25, 0.3) is 0 Å². The minimum absolute atomic E-state index is 0.0575. The van der Waals surface area contributed by atoms with Crippen LogP contribution in [0, 0.1) is 19.8 Å². The normalized spacial score (nSPS) is 21.3. The van der Waals surface area contributed by atoms with E-state index in [-0.39, 0.29) is 23.8 Å². The van der Waals surface area contributed by atoms with E-state index in [9.17, 15) is 9.59 Å². The molecule has 4 rings (SSSR count). The van der Waals surface area contributed by atoms with E-state index in [1.54, 1.807) is 0 Å². The van der Waals surface area contributed by atoms with Gasteiger partial charge in [-0.15, -0.1) is 0 Å². The van der Waals surface area contributed by atoms with E-state index in [1.807, 2.05) is 47.9 Å². The molecule has 2 aliphatic heterocycles. The van der Waals surface area contributed by atoms with Crippen molar-refractivity contribution in [2.45, 2.75) is 45.6 Å². The van der Waals surface area contributed by atoms with Crippen molar-refractivity contribution < 1.29 is 18.8 Å². The lowest BCUT2D eigenvalue weighted by molar-refractivity contribution is -0.140. The topological polar surface area (TPSA) is 79.1 Å². The molecule has 1 aromatic carbocycles. The first-order chi connectivity index (χ1) is 16.8. The SMILES string of the molecule is Cc1noc(C)c1CCC(=O)N1CC[C@H](Oc2cccc(Br)c2)[C@@H](CC(=O)N2CCN(C)CC2)C1. The van der Waals surface area contributed by atoms with Gasteiger partial charge in [0, 0.05) is 74.5 Å². The average molecular weight is 547 g/mol. The maximum atomic E-state index is 13.2. The molecule has 8 nitrogen and oxygen atoms in total. The highest BCUT2D eigenvalue weighted by Gasteiger charge is 2.35. The maximum Gasteiger partial charge on any atom is 0.223 e. The van der Waals surface area contributed by atoms with Gasteiger partial charge in [-0.3, -0.25) is 9.59 Å². The molecule has 2 aromatic rings. The summed E-state index contributed by atoms with van der Waals surface area (Å²) in [4.78, 5) is 32.4. The van der Waals surface area contributed by atoms with Gasteiger partial charge in [-0.2, -0.15) is 0 Å². The number of carbonyl (C=O) groups excluding carboxylic acids is 2. The third-order valence-corrected chi connectivity index (χ3v) is 7.66. The second-order valence-electron chi connectivity index (χ2n) is 9.69. The number of rotatable bonds is 7. The Kier molecular flexibility index (Phi) is 8.49. The van der Waals surface area contributed by atoms with Crippen molar-refractivity contribution in [3.8, 4) is 5.75 Å². The molecule has 0 saturated carbocycles. The summed E-state index contributed by atoms with van der Waals surface area (Å²) in [6, 6.07) is 7.78. The summed E-state index contributed by atoms with van der Waals surface area (Å²) in [5.74, 6) is 1.74. The Morgan fingerprint density at radius 3 is 2.57 bits per heavy atom. The summed E-state index contributed by atoms with van der Waals surface area (Å²) in [5.41, 5.74) is 1.85. The van der Waals surface area contributed by atoms with Crippen LogP contribution in [-0.4, -0.2) is 84.1 Å². The van der Waals surface area contributed by atoms with Gasteiger partial charge in [0.2, 0.25) is 11.8 Å². The molecular formula is C26H35BrN4O4. The zero-order chi connectivity index (χ0) is 24.9. The summed E-state index contributed by atoms with van der Waals surface area (Å²) in [6.45, 7) is 8.21. The van der Waals surface area contributed by atoms with E-state index < -0.39 is 0 Å². The number of hydrogen-bond donors (Lipinski definition) is 0. The molecular weight excluding hydrogens is 512 g/mol. The monoisotopic (exact) mass is 546 g/mol. The highest BCUT2D eigenvalue weighted by Crippen LogP contribution is 2.28. The van der Waals surface area contributed by atoms with Crippen molar-refractivity contribution in [2.75, 3.05) is 46.3 Å². The standard InChI is InChI=1S/C26H35BrN4O4/c1-18-23(19(2)35-28-18)7-8-25(32)31-10-9-24(34-22-6-4-5-21(27)16-22)20(17-31)15-26(33)30-13-11-29(3)12-14-30/h4-6,16,20,24H,7-15,17H2,1-3H3/t20-,24-/m0/s1. The molecule has 3 heterocycles. The molecule has 0 spiro atoms. The highest BCUT2D eigenvalue weighted by atomic mass is 79.9. The van der Waals surface area contributed by atoms with Crippen LogP contribution in [0.2, 0.25) is 0 Å². The lowest BCUT2D eigenvalue weighted by Crippen LogP contribution is -2.51. The minimum Gasteiger partial charge on any atom is -0.490 e. The first-order valence-corrected chi connectivity index (χ1v) is 13.2. The van der Waals surface area contributed by atoms with Crippen molar-refractivity contribution in [3.05, 3.63) is 45.8 Å². The van der Waals surface area contributed by atoms with Crippen LogP contribution in [-0.2, 0) is 16.0 Å². The number of likely N-dealkylation sites (tertiary alicyclic amines) is 1. The second kappa shape index (κ2) is 11.6. The number of halogens is 1. The Hall–Kier alpha value is -2.39. The number of ether oxygens (including phenoxy) is 1. The van der Waals surface area contributed by atoms with Gasteiger partial charge >= 0.3 is 0 Å². The second-order valence-corrected chi connectivity index (χ2v) is 10.6. The summed E-state index contributed by atoms with van der Waals surface area (Å²) < 4.78 is 12.6. The quantitative estimate of drug-likeness (QED) is 0.529. The average Bonchev–Trinajstić information content (AvgIpc) is 3.16. The van der Waals surface area contributed by atoms with E-state index in [0.29, 0.717) is 38.8 Å². The fraction of sp³-hybridized carbons (Fsp3) is 0.577. The number of piperazine rings is 1. The number of benzene rings is 1. The predicted molar refractivity (Wildman–Crippen MR) is 136 cm³/mol. The zero-order valence-electron chi connectivity index (χ0n) is 20.8. The molecule has 2 aliphatic rings. The Labute approximate surface area is 215 Å². The van der Waals surface area contributed by atoms with Gasteiger partial charge < -0.3 is 24.0 Å². The largest absolute Gasteiger partial charge is 0.490 e. The molecule has 2 amide bonds. The van der Waals surface area contributed by atoms with Crippen LogP contribution in [0.1, 0.15) is 36.3 Å². The number of piperidine rings is 1. The lowest BCUT2D eigenvalue weighted by atomic mass is 9.90. The Balaban J connectivity index is 1.42. The van der Waals surface area contributed by atoms with Gasteiger partial charge in [-0.05, 0) is 45.5 Å². The van der Waals surface area contributed by atoms with Crippen molar-refractivity contribution in [2.24, 2.45) is 5.92 Å². The maximum absolute atomic E-state index is 13.2. The van der Waals surface area contributed by atoms with Gasteiger partial charge in [-0.25, -0.2) is 0 Å². The van der Waals surface area contributed by atoms with E-state index in [2.05, 4.69) is 33.0 Å². The molecule has 35 heavy (non-hydrogen) atoms. The molecule has 1 aromatic heterocycles. The van der Waals surface area contributed by atoms with Gasteiger partial charge in [0.05, 0.1) is 5.69 Å². The Morgan fingerprint density at radius 1 is 1.11 bits per heavy atom. The van der Waals surface area contributed by atoms with Crippen LogP contribution in [0.15, 0.2) is 33.3 Å². The molecule has 2 fully saturated rings. The fourth-order valence-corrected chi connectivity index (χ4v) is 5.34. The zero-order valence-corrected chi connectivity index (χ0v) is 22.4. The van der Waals surface area contributed by atoms with Crippen molar-refractivity contribution in [1.29, 1.82) is 0 Å². The minimum atomic E-state index is -0.118. The van der Waals surface area contributed by atoms with Crippen LogP contribution in [0.4, 0.5) is 0 Å². The number of likely N-dealkylation sites (N-methyl/N-ethyl adjacent to an activating group) is 1. The van der Waals surface area contributed by atoms with Crippen LogP contribution >= 0.6 is 15.9 Å². The van der Waals surface area contributed by atoms with Crippen molar-refractivity contribution >= 4 is 27.7 Å². The van der Waals surface area contributed by atoms with Crippen LogP contribution in [0.5, 0.6) is 5.75 Å². The molecule has 2 saturated heterocycles. The Morgan fingerprint density at radius 2 is 1.89 bits per heavy atom. The molecule has 9 heteroatoms. The van der Waals surface area contributed by atoms with Crippen LogP contribution in [0.3, 0.4) is 0 Å². The smallest absolute Gasteiger partial charge is 0.223 e. The molecule has 0 bridgehead atoms. The van der Waals surface area contributed by atoms with E-state index in [0.717, 1.165) is 53.4 Å². The van der Waals surface area contributed by atoms with E-state index in [4.69, 9.17) is 9.26 Å². The summed E-state index contributed by atoms with van der Waals surface area (Å²) in [5, 5.41) is 3.99. The molecule has 2 atom stereocenters. The molecule has 0 aliphatic carbocycles. The number of hydrogen-bond acceptors (Lipinski definition) is 6. The fourth-order valence-electron chi connectivity index (χ4n) is 4.96. The van der Waals surface area contributed by atoms with Gasteiger partial charge in [-0.1, -0.05) is 27.2 Å². The van der Waals surface area contributed by atoms with Gasteiger partial charge in [0.1, 0.15) is 17.6 Å². The molecule has 0 N–H and O–H groups in total. The molecule has 190 valence electrons. The Bertz CT molecular complexity index is 1010. The van der Waals surface area contributed by atoms with Gasteiger partial charge in [0.25, 0.3) is 0 Å². The molecule has 0 unspecified atom stereocenters. The number of aryl methyl sites for hydroxylation is 2. The first kappa shape index (κ1) is 25.7. The summed E-state index contributed by atoms with van der Waals surface area (Å²) >= 11 is 3.50. The predicted octanol–water partition coefficient (Wildman–Crippen LogP) is 3.45. The van der Waals surface area contributed by atoms with Crippen molar-refractivity contribution in [3.63, 3.8) is 0 Å². The summed E-state index contributed by atoms with van der Waals surface area (Å²) in [7, 11) is 2.08.